The fraction of sp³-hybridized carbons (Fsp3) is 0.969. The van der Waals surface area contributed by atoms with Crippen molar-refractivity contribution >= 4 is 6.03 Å². The first-order valence-electron chi connectivity index (χ1n) is 15.5. The van der Waals surface area contributed by atoms with Gasteiger partial charge in [0, 0.05) is 19.6 Å². The number of hydrogen-bond donors (Lipinski definition) is 1. The largest absolute Gasteiger partial charge is 0.338 e. The molecule has 0 saturated heterocycles. The number of nitrogens with one attached hydrogen (secondary N) is 1. The van der Waals surface area contributed by atoms with E-state index in [-0.39, 0.29) is 13.5 Å². The van der Waals surface area contributed by atoms with Crippen LogP contribution >= 0.6 is 0 Å². The molecule has 7 atom stereocenters. The quantitative estimate of drug-likeness (QED) is 0.338. The van der Waals surface area contributed by atoms with Gasteiger partial charge in [0.1, 0.15) is 0 Å². The van der Waals surface area contributed by atoms with Crippen LogP contribution in [-0.2, 0) is 0 Å². The molecule has 4 saturated carbocycles. The molecule has 0 aromatic rings. The van der Waals surface area contributed by atoms with Crippen LogP contribution < -0.4 is 5.32 Å². The van der Waals surface area contributed by atoms with Crippen LogP contribution in [0.4, 0.5) is 4.79 Å². The minimum atomic E-state index is 0. The summed E-state index contributed by atoms with van der Waals surface area (Å²) in [7, 11) is 0. The predicted molar refractivity (Wildman–Crippen MR) is 153 cm³/mol. The summed E-state index contributed by atoms with van der Waals surface area (Å²) < 4.78 is 0. The lowest BCUT2D eigenvalue weighted by atomic mass is 9.45. The first kappa shape index (κ1) is 30.5. The molecule has 35 heavy (non-hydrogen) atoms. The molecule has 206 valence electrons. The van der Waals surface area contributed by atoms with Gasteiger partial charge in [-0.2, -0.15) is 0 Å². The number of unbranched alkanes of at least 4 members (excludes halogenated alkanes) is 1. The van der Waals surface area contributed by atoms with Crippen LogP contribution in [0.15, 0.2) is 0 Å². The molecule has 0 radical (unpaired) electrons. The molecular weight excluding hydrogens is 428 g/mol. The molecule has 4 rings (SSSR count). The van der Waals surface area contributed by atoms with E-state index in [0.29, 0.717) is 10.8 Å². The molecule has 0 aliphatic heterocycles. The van der Waals surface area contributed by atoms with Crippen molar-refractivity contribution in [1.82, 2.24) is 10.2 Å². The molecule has 2 amide bonds. The second kappa shape index (κ2) is 13.7. The zero-order valence-electron chi connectivity index (χ0n) is 23.8. The zero-order chi connectivity index (χ0) is 24.8. The number of carbonyl (C=O) groups excluding carboxylic acids is 1. The number of urea groups is 1. The number of amides is 2. The van der Waals surface area contributed by atoms with Crippen molar-refractivity contribution in [3.05, 3.63) is 0 Å². The summed E-state index contributed by atoms with van der Waals surface area (Å²) in [6.45, 7) is 16.1. The third kappa shape index (κ3) is 6.23. The van der Waals surface area contributed by atoms with Crippen LogP contribution in [0.5, 0.6) is 0 Å². The summed E-state index contributed by atoms with van der Waals surface area (Å²) in [6, 6.07) is 0.132. The molecule has 4 aliphatic rings. The van der Waals surface area contributed by atoms with Gasteiger partial charge in [-0.05, 0) is 118 Å². The minimum absolute atomic E-state index is 0. The highest BCUT2D eigenvalue weighted by Gasteiger charge is 2.59. The van der Waals surface area contributed by atoms with E-state index in [0.717, 1.165) is 62.1 Å². The average Bonchev–Trinajstić information content (AvgIpc) is 3.19. The van der Waals surface area contributed by atoms with E-state index in [1.54, 1.807) is 0 Å². The molecule has 3 nitrogen and oxygen atoms in total. The van der Waals surface area contributed by atoms with Gasteiger partial charge in [-0.3, -0.25) is 0 Å². The van der Waals surface area contributed by atoms with Crippen LogP contribution in [0.3, 0.4) is 0 Å². The Morgan fingerprint density at radius 2 is 1.63 bits per heavy atom. The Labute approximate surface area is 220 Å². The SMILES string of the molecule is C.CC.CCCN(CC)C(=O)NCCCCC1CCC2[C@@H]3CCC4CCCCC4(C)C3CC[C@]12C. The lowest BCUT2D eigenvalue weighted by Crippen LogP contribution is -2.52. The highest BCUT2D eigenvalue weighted by atomic mass is 16.2. The van der Waals surface area contributed by atoms with Crippen molar-refractivity contribution in [2.24, 2.45) is 40.4 Å². The third-order valence-corrected chi connectivity index (χ3v) is 11.2. The maximum Gasteiger partial charge on any atom is 0.317 e. The molecule has 4 aliphatic carbocycles. The Morgan fingerprint density at radius 1 is 0.886 bits per heavy atom. The van der Waals surface area contributed by atoms with Crippen molar-refractivity contribution < 1.29 is 4.79 Å². The molecule has 0 aromatic heterocycles. The normalized spacial score (nSPS) is 37.5. The minimum Gasteiger partial charge on any atom is -0.338 e. The van der Waals surface area contributed by atoms with Gasteiger partial charge in [-0.1, -0.05) is 61.3 Å². The summed E-state index contributed by atoms with van der Waals surface area (Å²) in [4.78, 5) is 14.2. The number of hydrogen-bond acceptors (Lipinski definition) is 1. The Morgan fingerprint density at radius 3 is 2.34 bits per heavy atom. The lowest BCUT2D eigenvalue weighted by molar-refractivity contribution is -0.111. The van der Waals surface area contributed by atoms with Gasteiger partial charge in [0.15, 0.2) is 0 Å². The molecule has 0 bridgehead atoms. The van der Waals surface area contributed by atoms with Crippen molar-refractivity contribution in [3.63, 3.8) is 0 Å². The smallest absolute Gasteiger partial charge is 0.317 e. The first-order valence-corrected chi connectivity index (χ1v) is 15.5. The maximum absolute atomic E-state index is 12.3. The monoisotopic (exact) mass is 490 g/mol. The summed E-state index contributed by atoms with van der Waals surface area (Å²) >= 11 is 0. The topological polar surface area (TPSA) is 32.3 Å². The van der Waals surface area contributed by atoms with E-state index in [9.17, 15) is 4.79 Å². The Balaban J connectivity index is 0.00000140. The van der Waals surface area contributed by atoms with Gasteiger partial charge in [0.25, 0.3) is 0 Å². The number of nitrogens with zero attached hydrogens (tertiary/aromatic N) is 1. The van der Waals surface area contributed by atoms with Gasteiger partial charge in [0.05, 0.1) is 0 Å². The van der Waals surface area contributed by atoms with E-state index in [1.807, 2.05) is 18.7 Å². The van der Waals surface area contributed by atoms with Crippen LogP contribution in [0.1, 0.15) is 139 Å². The molecule has 5 unspecified atom stereocenters. The van der Waals surface area contributed by atoms with Gasteiger partial charge < -0.3 is 10.2 Å². The Kier molecular flexibility index (Phi) is 11.9. The molecule has 3 heteroatoms. The summed E-state index contributed by atoms with van der Waals surface area (Å²) in [6.07, 6.45) is 19.9. The summed E-state index contributed by atoms with van der Waals surface area (Å²) in [5.41, 5.74) is 1.27. The van der Waals surface area contributed by atoms with E-state index in [1.165, 1.54) is 77.0 Å². The Bertz CT molecular complexity index is 635. The standard InChI is InChI=1S/C29H52N2O.C2H6.CH4/c1-5-21-31(6-2)27(32)30-20-10-8-12-23-14-16-25-24-15-13-22-11-7-9-18-28(22,3)26(24)17-19-29(23,25)4;1-2;/h22-26H,5-21H2,1-4H3,(H,30,32);1-2H3;1H4/t22?,23?,24-,25?,26?,28?,29+;;/m0../s1. The zero-order valence-corrected chi connectivity index (χ0v) is 23.8. The fourth-order valence-corrected chi connectivity index (χ4v) is 9.37. The summed E-state index contributed by atoms with van der Waals surface area (Å²) in [5, 5.41) is 3.16. The van der Waals surface area contributed by atoms with E-state index in [2.05, 4.69) is 33.0 Å². The van der Waals surface area contributed by atoms with Crippen molar-refractivity contribution in [1.29, 1.82) is 0 Å². The van der Waals surface area contributed by atoms with E-state index >= 15 is 0 Å². The molecule has 0 aromatic carbocycles. The van der Waals surface area contributed by atoms with E-state index in [4.69, 9.17) is 0 Å². The number of rotatable bonds is 8. The van der Waals surface area contributed by atoms with Crippen molar-refractivity contribution in [2.75, 3.05) is 19.6 Å². The van der Waals surface area contributed by atoms with Crippen LogP contribution in [-0.4, -0.2) is 30.6 Å². The van der Waals surface area contributed by atoms with Gasteiger partial charge in [-0.15, -0.1) is 0 Å². The van der Waals surface area contributed by atoms with Crippen LogP contribution in [0.2, 0.25) is 0 Å². The molecule has 0 heterocycles. The molecule has 1 N–H and O–H groups in total. The van der Waals surface area contributed by atoms with Crippen molar-refractivity contribution in [2.45, 2.75) is 139 Å². The van der Waals surface area contributed by atoms with Gasteiger partial charge in [0.2, 0.25) is 0 Å². The maximum atomic E-state index is 12.3. The van der Waals surface area contributed by atoms with Crippen LogP contribution in [0, 0.1) is 40.4 Å². The highest BCUT2D eigenvalue weighted by Crippen LogP contribution is 2.67. The lowest BCUT2D eigenvalue weighted by Gasteiger charge is -2.60. The number of carbonyl (C=O) groups is 1. The third-order valence-electron chi connectivity index (χ3n) is 11.2. The average molecular weight is 491 g/mol. The fourth-order valence-electron chi connectivity index (χ4n) is 9.37. The first-order chi connectivity index (χ1) is 16.4. The van der Waals surface area contributed by atoms with Gasteiger partial charge >= 0.3 is 6.03 Å². The second-order valence-corrected chi connectivity index (χ2v) is 12.5. The second-order valence-electron chi connectivity index (χ2n) is 12.5. The van der Waals surface area contributed by atoms with Gasteiger partial charge in [-0.25, -0.2) is 4.79 Å². The molecule has 0 spiro atoms. The summed E-state index contributed by atoms with van der Waals surface area (Å²) in [5.74, 6) is 5.01. The van der Waals surface area contributed by atoms with E-state index < -0.39 is 0 Å². The molecule has 4 fully saturated rings. The highest BCUT2D eigenvalue weighted by molar-refractivity contribution is 5.74. The number of fused-ring (bicyclic) bond motifs is 5. The Hall–Kier alpha value is -0.730. The van der Waals surface area contributed by atoms with Crippen molar-refractivity contribution in [3.8, 4) is 0 Å². The van der Waals surface area contributed by atoms with Crippen LogP contribution in [0.25, 0.3) is 0 Å². The predicted octanol–water partition coefficient (Wildman–Crippen LogP) is 9.31. The molecular formula is C32H62N2O.